The van der Waals surface area contributed by atoms with Crippen LogP contribution in [0.1, 0.15) is 5.56 Å². The molecular formula is C22H12F2N4. The van der Waals surface area contributed by atoms with Crippen molar-refractivity contribution >= 4 is 0 Å². The van der Waals surface area contributed by atoms with Crippen LogP contribution < -0.4 is 0 Å². The quantitative estimate of drug-likeness (QED) is 0.508. The molecule has 0 saturated heterocycles. The van der Waals surface area contributed by atoms with E-state index in [0.717, 1.165) is 12.1 Å². The second-order valence-corrected chi connectivity index (χ2v) is 5.96. The van der Waals surface area contributed by atoms with Gasteiger partial charge >= 0.3 is 0 Å². The maximum absolute atomic E-state index is 14.7. The lowest BCUT2D eigenvalue weighted by atomic mass is 10.1. The van der Waals surface area contributed by atoms with Crippen LogP contribution in [0, 0.1) is 23.0 Å². The van der Waals surface area contributed by atoms with E-state index >= 15 is 0 Å². The molecule has 0 atom stereocenters. The highest BCUT2D eigenvalue weighted by atomic mass is 19.1. The minimum atomic E-state index is -0.867. The maximum atomic E-state index is 14.7. The average Bonchev–Trinajstić information content (AvgIpc) is 2.76. The molecule has 0 aliphatic heterocycles. The summed E-state index contributed by atoms with van der Waals surface area (Å²) in [5, 5.41) is 9.07. The molecular weight excluding hydrogens is 358 g/mol. The highest BCUT2D eigenvalue weighted by molar-refractivity contribution is 5.67. The van der Waals surface area contributed by atoms with Gasteiger partial charge in [-0.1, -0.05) is 60.7 Å². The van der Waals surface area contributed by atoms with Crippen molar-refractivity contribution in [1.29, 1.82) is 5.26 Å². The van der Waals surface area contributed by atoms with Gasteiger partial charge in [0.15, 0.2) is 23.3 Å². The van der Waals surface area contributed by atoms with Gasteiger partial charge in [0.2, 0.25) is 0 Å². The van der Waals surface area contributed by atoms with E-state index in [2.05, 4.69) is 15.0 Å². The molecule has 0 aliphatic rings. The van der Waals surface area contributed by atoms with Crippen LogP contribution in [0.4, 0.5) is 8.78 Å². The molecule has 0 radical (unpaired) electrons. The van der Waals surface area contributed by atoms with E-state index in [1.165, 1.54) is 0 Å². The summed E-state index contributed by atoms with van der Waals surface area (Å²) in [7, 11) is 0. The molecule has 0 bridgehead atoms. The minimum absolute atomic E-state index is 0.0405. The van der Waals surface area contributed by atoms with Crippen LogP contribution in [0.25, 0.3) is 34.2 Å². The summed E-state index contributed by atoms with van der Waals surface area (Å²) >= 11 is 0. The van der Waals surface area contributed by atoms with Gasteiger partial charge in [-0.15, -0.1) is 0 Å². The molecule has 0 spiro atoms. The standard InChI is InChI=1S/C22H12F2N4/c23-17-11-16(13-25)19(24)18(12-17)22-27-20(14-7-3-1-4-8-14)26-21(28-22)15-9-5-2-6-10-15/h1-12H. The summed E-state index contributed by atoms with van der Waals surface area (Å²) in [5.74, 6) is -0.997. The molecule has 3 aromatic carbocycles. The summed E-state index contributed by atoms with van der Waals surface area (Å²) in [6.45, 7) is 0. The third-order valence-electron chi connectivity index (χ3n) is 4.10. The Bertz CT molecular complexity index is 1130. The minimum Gasteiger partial charge on any atom is -0.208 e. The molecule has 0 unspecified atom stereocenters. The molecule has 28 heavy (non-hydrogen) atoms. The number of hydrogen-bond donors (Lipinski definition) is 0. The second kappa shape index (κ2) is 7.33. The van der Waals surface area contributed by atoms with Crippen molar-refractivity contribution in [1.82, 2.24) is 15.0 Å². The van der Waals surface area contributed by atoms with Crippen molar-refractivity contribution in [2.75, 3.05) is 0 Å². The summed E-state index contributed by atoms with van der Waals surface area (Å²) in [4.78, 5) is 13.2. The van der Waals surface area contributed by atoms with Gasteiger partial charge in [0.1, 0.15) is 11.9 Å². The fourth-order valence-corrected chi connectivity index (χ4v) is 2.76. The Morgan fingerprint density at radius 1 is 0.679 bits per heavy atom. The van der Waals surface area contributed by atoms with Crippen LogP contribution in [-0.4, -0.2) is 15.0 Å². The van der Waals surface area contributed by atoms with Gasteiger partial charge in [0, 0.05) is 11.1 Å². The predicted octanol–water partition coefficient (Wildman–Crippen LogP) is 5.02. The molecule has 0 amide bonds. The van der Waals surface area contributed by atoms with Crippen molar-refractivity contribution in [3.8, 4) is 40.2 Å². The lowest BCUT2D eigenvalue weighted by molar-refractivity contribution is 0.599. The molecule has 1 heterocycles. The summed E-state index contributed by atoms with van der Waals surface area (Å²) < 4.78 is 28.7. The second-order valence-electron chi connectivity index (χ2n) is 5.96. The van der Waals surface area contributed by atoms with Crippen molar-refractivity contribution in [3.63, 3.8) is 0 Å². The van der Waals surface area contributed by atoms with Crippen molar-refractivity contribution in [2.24, 2.45) is 0 Å². The van der Waals surface area contributed by atoms with E-state index in [9.17, 15) is 8.78 Å². The predicted molar refractivity (Wildman–Crippen MR) is 101 cm³/mol. The molecule has 0 fully saturated rings. The molecule has 0 aliphatic carbocycles. The number of nitrogens with zero attached hydrogens (tertiary/aromatic N) is 4. The lowest BCUT2D eigenvalue weighted by Crippen LogP contribution is -2.02. The Balaban J connectivity index is 1.98. The Labute approximate surface area is 159 Å². The van der Waals surface area contributed by atoms with Crippen LogP contribution in [0.3, 0.4) is 0 Å². The number of halogens is 2. The van der Waals surface area contributed by atoms with Crippen LogP contribution >= 0.6 is 0 Å². The molecule has 4 aromatic rings. The monoisotopic (exact) mass is 370 g/mol. The summed E-state index contributed by atoms with van der Waals surface area (Å²) in [6, 6.07) is 21.8. The van der Waals surface area contributed by atoms with Gasteiger partial charge in [-0.3, -0.25) is 0 Å². The normalized spacial score (nSPS) is 10.5. The van der Waals surface area contributed by atoms with Crippen LogP contribution in [0.2, 0.25) is 0 Å². The SMILES string of the molecule is N#Cc1cc(F)cc(-c2nc(-c3ccccc3)nc(-c3ccccc3)n2)c1F. The zero-order valence-electron chi connectivity index (χ0n) is 14.5. The topological polar surface area (TPSA) is 62.5 Å². The van der Waals surface area contributed by atoms with E-state index < -0.39 is 17.2 Å². The molecule has 0 N–H and O–H groups in total. The highest BCUT2D eigenvalue weighted by Gasteiger charge is 2.18. The van der Waals surface area contributed by atoms with Crippen LogP contribution in [0.5, 0.6) is 0 Å². The fourth-order valence-electron chi connectivity index (χ4n) is 2.76. The zero-order valence-corrected chi connectivity index (χ0v) is 14.5. The van der Waals surface area contributed by atoms with E-state index in [1.807, 2.05) is 60.7 Å². The molecule has 1 aromatic heterocycles. The highest BCUT2D eigenvalue weighted by Crippen LogP contribution is 2.27. The number of nitriles is 1. The smallest absolute Gasteiger partial charge is 0.167 e. The molecule has 134 valence electrons. The summed E-state index contributed by atoms with van der Waals surface area (Å²) in [6.07, 6.45) is 0. The number of aromatic nitrogens is 3. The van der Waals surface area contributed by atoms with Gasteiger partial charge in [-0.05, 0) is 12.1 Å². The first-order valence-corrected chi connectivity index (χ1v) is 8.42. The van der Waals surface area contributed by atoms with Crippen LogP contribution in [-0.2, 0) is 0 Å². The third-order valence-corrected chi connectivity index (χ3v) is 4.10. The number of benzene rings is 3. The molecule has 6 heteroatoms. The van der Waals surface area contributed by atoms with E-state index in [1.54, 1.807) is 6.07 Å². The number of rotatable bonds is 3. The van der Waals surface area contributed by atoms with E-state index in [-0.39, 0.29) is 11.4 Å². The zero-order chi connectivity index (χ0) is 19.5. The van der Waals surface area contributed by atoms with Gasteiger partial charge < -0.3 is 0 Å². The average molecular weight is 370 g/mol. The Hall–Kier alpha value is -3.98. The Morgan fingerprint density at radius 2 is 1.18 bits per heavy atom. The molecule has 0 saturated carbocycles. The number of hydrogen-bond acceptors (Lipinski definition) is 4. The van der Waals surface area contributed by atoms with Crippen LogP contribution in [0.15, 0.2) is 72.8 Å². The maximum Gasteiger partial charge on any atom is 0.167 e. The van der Waals surface area contributed by atoms with Gasteiger partial charge in [-0.25, -0.2) is 23.7 Å². The van der Waals surface area contributed by atoms with E-state index in [0.29, 0.717) is 22.8 Å². The van der Waals surface area contributed by atoms with Gasteiger partial charge in [-0.2, -0.15) is 5.26 Å². The van der Waals surface area contributed by atoms with Crippen molar-refractivity contribution in [3.05, 3.63) is 90.0 Å². The van der Waals surface area contributed by atoms with Crippen molar-refractivity contribution < 1.29 is 8.78 Å². The molecule has 4 rings (SSSR count). The van der Waals surface area contributed by atoms with Gasteiger partial charge in [0.25, 0.3) is 0 Å². The first-order valence-electron chi connectivity index (χ1n) is 8.42. The van der Waals surface area contributed by atoms with E-state index in [4.69, 9.17) is 5.26 Å². The lowest BCUT2D eigenvalue weighted by Gasteiger charge is -2.09. The largest absolute Gasteiger partial charge is 0.208 e. The Kier molecular flexibility index (Phi) is 4.56. The Morgan fingerprint density at radius 3 is 1.68 bits per heavy atom. The first-order chi connectivity index (χ1) is 13.7. The first kappa shape index (κ1) is 17.4. The van der Waals surface area contributed by atoms with Crippen molar-refractivity contribution in [2.45, 2.75) is 0 Å². The third kappa shape index (κ3) is 3.33. The van der Waals surface area contributed by atoms with Gasteiger partial charge in [0.05, 0.1) is 11.1 Å². The fraction of sp³-hybridized carbons (Fsp3) is 0. The molecule has 4 nitrogen and oxygen atoms in total. The summed E-state index contributed by atoms with van der Waals surface area (Å²) in [5.41, 5.74) is 0.826.